The van der Waals surface area contributed by atoms with Crippen LogP contribution in [0.4, 0.5) is 0 Å². The molecule has 0 aliphatic heterocycles. The summed E-state index contributed by atoms with van der Waals surface area (Å²) in [6.45, 7) is 4.15. The molecular weight excluding hydrogens is 584 g/mol. The molecule has 1 atom stereocenters. The molecule has 0 aromatic carbocycles. The number of allylic oxidation sites excluding steroid dienone is 2. The number of unbranched alkanes of at least 4 members (excludes halogenated alkanes) is 28. The predicted octanol–water partition coefficient (Wildman–Crippen LogP) is 12.9. The van der Waals surface area contributed by atoms with Crippen molar-refractivity contribution in [1.82, 2.24) is 0 Å². The van der Waals surface area contributed by atoms with Gasteiger partial charge in [-0.25, -0.2) is 0 Å². The predicted molar refractivity (Wildman–Crippen MR) is 201 cm³/mol. The lowest BCUT2D eigenvalue weighted by Crippen LogP contribution is -2.28. The number of carbonyl (C=O) groups is 2. The van der Waals surface area contributed by atoms with Crippen LogP contribution in [0.15, 0.2) is 12.2 Å². The topological polar surface area (TPSA) is 72.8 Å². The van der Waals surface area contributed by atoms with Crippen molar-refractivity contribution in [2.45, 2.75) is 232 Å². The Hall–Kier alpha value is -1.36. The molecule has 0 heterocycles. The average Bonchev–Trinajstić information content (AvgIpc) is 3.07. The summed E-state index contributed by atoms with van der Waals surface area (Å²) in [5.74, 6) is -0.581. The van der Waals surface area contributed by atoms with Gasteiger partial charge in [-0.1, -0.05) is 187 Å². The smallest absolute Gasteiger partial charge is 0.306 e. The van der Waals surface area contributed by atoms with Crippen molar-refractivity contribution in [2.24, 2.45) is 0 Å². The summed E-state index contributed by atoms with van der Waals surface area (Å²) < 4.78 is 10.6. The van der Waals surface area contributed by atoms with Crippen LogP contribution >= 0.6 is 0 Å². The number of esters is 2. The number of aliphatic hydroxyl groups excluding tert-OH is 1. The van der Waals surface area contributed by atoms with Crippen molar-refractivity contribution >= 4 is 11.9 Å². The van der Waals surface area contributed by atoms with Crippen molar-refractivity contribution in [3.05, 3.63) is 12.2 Å². The van der Waals surface area contributed by atoms with Crippen molar-refractivity contribution in [1.29, 1.82) is 0 Å². The van der Waals surface area contributed by atoms with E-state index in [-0.39, 0.29) is 25.2 Å². The SMILES string of the molecule is CCCCCCCC/C=C\CCCCCCCCCCCC(=O)OC(CO)COC(=O)CCCCCCCCCCCCCCCC. The van der Waals surface area contributed by atoms with Crippen LogP contribution in [0.1, 0.15) is 226 Å². The number of carbonyl (C=O) groups excluding carboxylic acids is 2. The van der Waals surface area contributed by atoms with Gasteiger partial charge in [0, 0.05) is 12.8 Å². The second-order valence-corrected chi connectivity index (χ2v) is 14.1. The summed E-state index contributed by atoms with van der Waals surface area (Å²) in [5.41, 5.74) is 0. The minimum Gasteiger partial charge on any atom is -0.462 e. The first kappa shape index (κ1) is 45.6. The Morgan fingerprint density at radius 3 is 1.15 bits per heavy atom. The number of rotatable bonds is 38. The molecule has 0 aromatic heterocycles. The van der Waals surface area contributed by atoms with Gasteiger partial charge >= 0.3 is 11.9 Å². The molecule has 0 fully saturated rings. The van der Waals surface area contributed by atoms with Crippen molar-refractivity contribution in [3.8, 4) is 0 Å². The lowest BCUT2D eigenvalue weighted by molar-refractivity contribution is -0.161. The summed E-state index contributed by atoms with van der Waals surface area (Å²) in [5, 5.41) is 9.56. The first-order chi connectivity index (χ1) is 23.1. The van der Waals surface area contributed by atoms with Crippen molar-refractivity contribution in [3.63, 3.8) is 0 Å². The first-order valence-corrected chi connectivity index (χ1v) is 20.7. The van der Waals surface area contributed by atoms with E-state index in [1.165, 1.54) is 167 Å². The third-order valence-corrected chi connectivity index (χ3v) is 9.31. The van der Waals surface area contributed by atoms with Gasteiger partial charge in [0.1, 0.15) is 6.61 Å². The molecule has 0 radical (unpaired) electrons. The van der Waals surface area contributed by atoms with Crippen molar-refractivity contribution in [2.75, 3.05) is 13.2 Å². The number of aliphatic hydroxyl groups is 1. The van der Waals surface area contributed by atoms with Crippen LogP contribution in [-0.2, 0) is 19.1 Å². The molecular formula is C42H80O5. The monoisotopic (exact) mass is 665 g/mol. The molecule has 5 heteroatoms. The van der Waals surface area contributed by atoms with Crippen LogP contribution in [0.3, 0.4) is 0 Å². The van der Waals surface area contributed by atoms with Gasteiger partial charge < -0.3 is 14.6 Å². The van der Waals surface area contributed by atoms with Crippen LogP contribution < -0.4 is 0 Å². The quantitative estimate of drug-likeness (QED) is 0.0404. The Labute approximate surface area is 292 Å². The largest absolute Gasteiger partial charge is 0.462 e. The Morgan fingerprint density at radius 2 is 0.787 bits per heavy atom. The maximum Gasteiger partial charge on any atom is 0.306 e. The van der Waals surface area contributed by atoms with E-state index in [2.05, 4.69) is 26.0 Å². The van der Waals surface area contributed by atoms with Gasteiger partial charge in [-0.3, -0.25) is 9.59 Å². The van der Waals surface area contributed by atoms with E-state index >= 15 is 0 Å². The van der Waals surface area contributed by atoms with E-state index in [1.807, 2.05) is 0 Å². The van der Waals surface area contributed by atoms with E-state index in [4.69, 9.17) is 9.47 Å². The Morgan fingerprint density at radius 1 is 0.468 bits per heavy atom. The molecule has 0 saturated heterocycles. The van der Waals surface area contributed by atoms with Crippen LogP contribution in [-0.4, -0.2) is 36.4 Å². The molecule has 1 N–H and O–H groups in total. The van der Waals surface area contributed by atoms with Gasteiger partial charge in [-0.2, -0.15) is 0 Å². The molecule has 1 unspecified atom stereocenters. The number of hydrogen-bond donors (Lipinski definition) is 1. The molecule has 0 aliphatic rings. The normalized spacial score (nSPS) is 12.1. The summed E-state index contributed by atoms with van der Waals surface area (Å²) in [4.78, 5) is 24.3. The zero-order valence-electron chi connectivity index (χ0n) is 31.6. The van der Waals surface area contributed by atoms with Crippen LogP contribution in [0, 0.1) is 0 Å². The lowest BCUT2D eigenvalue weighted by Gasteiger charge is -2.15. The highest BCUT2D eigenvalue weighted by Gasteiger charge is 2.16. The lowest BCUT2D eigenvalue weighted by atomic mass is 10.0. The Balaban J connectivity index is 3.50. The molecule has 278 valence electrons. The molecule has 0 aromatic rings. The van der Waals surface area contributed by atoms with E-state index in [0.717, 1.165) is 32.1 Å². The molecule has 5 nitrogen and oxygen atoms in total. The van der Waals surface area contributed by atoms with Gasteiger partial charge in [0.15, 0.2) is 6.10 Å². The maximum atomic E-state index is 12.2. The van der Waals surface area contributed by atoms with Crippen LogP contribution in [0.5, 0.6) is 0 Å². The van der Waals surface area contributed by atoms with Gasteiger partial charge in [0.05, 0.1) is 6.61 Å². The summed E-state index contributed by atoms with van der Waals surface area (Å²) >= 11 is 0. The minimum atomic E-state index is -0.765. The zero-order chi connectivity index (χ0) is 34.3. The fourth-order valence-corrected chi connectivity index (χ4v) is 6.14. The number of ether oxygens (including phenoxy) is 2. The molecule has 0 bridgehead atoms. The van der Waals surface area contributed by atoms with E-state index in [0.29, 0.717) is 12.8 Å². The molecule has 0 rings (SSSR count). The van der Waals surface area contributed by atoms with Gasteiger partial charge in [0.25, 0.3) is 0 Å². The van der Waals surface area contributed by atoms with Crippen LogP contribution in [0.25, 0.3) is 0 Å². The van der Waals surface area contributed by atoms with E-state index in [1.54, 1.807) is 0 Å². The second-order valence-electron chi connectivity index (χ2n) is 14.1. The third-order valence-electron chi connectivity index (χ3n) is 9.31. The summed E-state index contributed by atoms with van der Waals surface area (Å²) in [6.07, 6.45) is 44.2. The van der Waals surface area contributed by atoms with Gasteiger partial charge in [0.2, 0.25) is 0 Å². The third kappa shape index (κ3) is 37.3. The molecule has 0 spiro atoms. The average molecular weight is 665 g/mol. The highest BCUT2D eigenvalue weighted by Crippen LogP contribution is 2.15. The fourth-order valence-electron chi connectivity index (χ4n) is 6.14. The highest BCUT2D eigenvalue weighted by atomic mass is 16.6. The zero-order valence-corrected chi connectivity index (χ0v) is 31.6. The second kappa shape index (κ2) is 39.1. The Kier molecular flexibility index (Phi) is 38.0. The number of hydrogen-bond acceptors (Lipinski definition) is 5. The van der Waals surface area contributed by atoms with Gasteiger partial charge in [-0.05, 0) is 38.5 Å². The molecule has 47 heavy (non-hydrogen) atoms. The fraction of sp³-hybridized carbons (Fsp3) is 0.905. The maximum absolute atomic E-state index is 12.2. The molecule has 0 amide bonds. The Bertz CT molecular complexity index is 676. The van der Waals surface area contributed by atoms with Gasteiger partial charge in [-0.15, -0.1) is 0 Å². The minimum absolute atomic E-state index is 0.0604. The van der Waals surface area contributed by atoms with Crippen molar-refractivity contribution < 1.29 is 24.2 Å². The van der Waals surface area contributed by atoms with E-state index in [9.17, 15) is 14.7 Å². The highest BCUT2D eigenvalue weighted by molar-refractivity contribution is 5.70. The van der Waals surface area contributed by atoms with E-state index < -0.39 is 6.10 Å². The summed E-state index contributed by atoms with van der Waals surface area (Å²) in [6, 6.07) is 0. The standard InChI is InChI=1S/C42H80O5/c1-3-5-7-9-11-13-15-17-19-20-21-22-23-25-27-29-31-33-35-37-42(45)47-40(38-43)39-46-41(44)36-34-32-30-28-26-24-18-16-14-12-10-8-6-4-2/h17,19,40,43H,3-16,18,20-39H2,1-2H3/b19-17-. The first-order valence-electron chi connectivity index (χ1n) is 20.7. The summed E-state index contributed by atoms with van der Waals surface area (Å²) in [7, 11) is 0. The molecule has 0 aliphatic carbocycles. The molecule has 0 saturated carbocycles. The van der Waals surface area contributed by atoms with Crippen LogP contribution in [0.2, 0.25) is 0 Å².